The molecule has 1 atom stereocenters. The Morgan fingerprint density at radius 3 is 2.88 bits per heavy atom. The van der Waals surface area contributed by atoms with E-state index in [0.29, 0.717) is 5.69 Å². The molecule has 1 aromatic carbocycles. The van der Waals surface area contributed by atoms with Crippen molar-refractivity contribution in [3.8, 4) is 0 Å². The van der Waals surface area contributed by atoms with Gasteiger partial charge in [-0.25, -0.2) is 9.18 Å². The first kappa shape index (κ1) is 12.7. The van der Waals surface area contributed by atoms with E-state index in [9.17, 15) is 9.18 Å². The van der Waals surface area contributed by atoms with Gasteiger partial charge in [0.15, 0.2) is 0 Å². The van der Waals surface area contributed by atoms with Crippen LogP contribution in [-0.2, 0) is 9.53 Å². The molecular formula is C10H11ClFNO3. The van der Waals surface area contributed by atoms with Crippen LogP contribution in [0.15, 0.2) is 18.2 Å². The van der Waals surface area contributed by atoms with Gasteiger partial charge in [0.25, 0.3) is 0 Å². The number of carboxylic acids is 1. The number of methoxy groups -OCH3 is 1. The Morgan fingerprint density at radius 1 is 1.69 bits per heavy atom. The Bertz CT molecular complexity index is 386. The molecule has 0 amide bonds. The van der Waals surface area contributed by atoms with Crippen LogP contribution in [0.1, 0.15) is 0 Å². The zero-order chi connectivity index (χ0) is 12.1. The summed E-state index contributed by atoms with van der Waals surface area (Å²) in [5, 5.41) is 11.6. The fraction of sp³-hybridized carbons (Fsp3) is 0.300. The lowest BCUT2D eigenvalue weighted by Crippen LogP contribution is -2.33. The van der Waals surface area contributed by atoms with E-state index < -0.39 is 17.8 Å². The molecule has 1 unspecified atom stereocenters. The molecule has 2 N–H and O–H groups in total. The molecule has 16 heavy (non-hydrogen) atoms. The van der Waals surface area contributed by atoms with Crippen molar-refractivity contribution in [1.29, 1.82) is 0 Å². The van der Waals surface area contributed by atoms with Gasteiger partial charge in [-0.2, -0.15) is 0 Å². The molecule has 4 nitrogen and oxygen atoms in total. The average Bonchev–Trinajstić information content (AvgIpc) is 2.20. The maximum Gasteiger partial charge on any atom is 0.328 e. The van der Waals surface area contributed by atoms with Crippen molar-refractivity contribution in [2.45, 2.75) is 6.04 Å². The summed E-state index contributed by atoms with van der Waals surface area (Å²) in [6.45, 7) is -0.0109. The first-order chi connectivity index (χ1) is 7.54. The summed E-state index contributed by atoms with van der Waals surface area (Å²) in [7, 11) is 1.39. The predicted octanol–water partition coefficient (Wildman–Crippen LogP) is 1.99. The number of hydrogen-bond acceptors (Lipinski definition) is 3. The zero-order valence-electron chi connectivity index (χ0n) is 8.54. The van der Waals surface area contributed by atoms with Crippen molar-refractivity contribution in [2.24, 2.45) is 0 Å². The number of ether oxygens (including phenoxy) is 1. The third-order valence-electron chi connectivity index (χ3n) is 1.89. The Kier molecular flexibility index (Phi) is 4.52. The van der Waals surface area contributed by atoms with E-state index in [2.05, 4.69) is 5.32 Å². The van der Waals surface area contributed by atoms with Crippen molar-refractivity contribution < 1.29 is 19.0 Å². The first-order valence-electron chi connectivity index (χ1n) is 4.48. The molecule has 0 fully saturated rings. The number of nitrogens with one attached hydrogen (secondary N) is 1. The molecule has 1 aromatic rings. The van der Waals surface area contributed by atoms with Gasteiger partial charge in [-0.1, -0.05) is 11.6 Å². The number of hydrogen-bond donors (Lipinski definition) is 2. The van der Waals surface area contributed by atoms with Crippen molar-refractivity contribution in [3.05, 3.63) is 29.0 Å². The molecule has 0 saturated carbocycles. The Balaban J connectivity index is 2.81. The second-order valence-corrected chi connectivity index (χ2v) is 3.52. The lowest BCUT2D eigenvalue weighted by molar-refractivity contribution is -0.139. The van der Waals surface area contributed by atoms with Crippen LogP contribution in [0.4, 0.5) is 10.1 Å². The highest BCUT2D eigenvalue weighted by Crippen LogP contribution is 2.23. The van der Waals surface area contributed by atoms with Crippen molar-refractivity contribution >= 4 is 23.3 Å². The molecule has 0 heterocycles. The second kappa shape index (κ2) is 5.67. The minimum atomic E-state index is -1.07. The van der Waals surface area contributed by atoms with Gasteiger partial charge in [0, 0.05) is 7.11 Å². The zero-order valence-corrected chi connectivity index (χ0v) is 9.29. The minimum absolute atomic E-state index is 0.0109. The van der Waals surface area contributed by atoms with E-state index in [-0.39, 0.29) is 11.6 Å². The number of carbonyl (C=O) groups is 1. The number of halogens is 2. The summed E-state index contributed by atoms with van der Waals surface area (Å²) >= 11 is 5.74. The topological polar surface area (TPSA) is 58.6 Å². The summed E-state index contributed by atoms with van der Waals surface area (Å²) in [6.07, 6.45) is 0. The number of aliphatic carboxylic acids is 1. The Hall–Kier alpha value is -1.33. The number of rotatable bonds is 5. The predicted molar refractivity (Wildman–Crippen MR) is 58.3 cm³/mol. The minimum Gasteiger partial charge on any atom is -0.480 e. The Morgan fingerprint density at radius 2 is 2.38 bits per heavy atom. The van der Waals surface area contributed by atoms with Gasteiger partial charge in [-0.15, -0.1) is 0 Å². The maximum absolute atomic E-state index is 12.7. The fourth-order valence-corrected chi connectivity index (χ4v) is 1.36. The van der Waals surface area contributed by atoms with E-state index >= 15 is 0 Å². The highest BCUT2D eigenvalue weighted by molar-refractivity contribution is 6.33. The van der Waals surface area contributed by atoms with Crippen LogP contribution >= 0.6 is 11.6 Å². The molecule has 88 valence electrons. The molecule has 1 rings (SSSR count). The molecule has 0 aliphatic heterocycles. The van der Waals surface area contributed by atoms with Gasteiger partial charge in [-0.3, -0.25) is 0 Å². The van der Waals surface area contributed by atoms with Crippen LogP contribution in [0.25, 0.3) is 0 Å². The lowest BCUT2D eigenvalue weighted by atomic mass is 10.2. The highest BCUT2D eigenvalue weighted by atomic mass is 35.5. The van der Waals surface area contributed by atoms with Gasteiger partial charge in [0.05, 0.1) is 17.3 Å². The number of anilines is 1. The van der Waals surface area contributed by atoms with Crippen molar-refractivity contribution in [1.82, 2.24) is 0 Å². The molecule has 6 heteroatoms. The van der Waals surface area contributed by atoms with Gasteiger partial charge in [-0.05, 0) is 18.2 Å². The summed E-state index contributed by atoms with van der Waals surface area (Å²) in [4.78, 5) is 10.8. The maximum atomic E-state index is 12.7. The van der Waals surface area contributed by atoms with E-state index in [1.165, 1.54) is 19.2 Å². The summed E-state index contributed by atoms with van der Waals surface area (Å²) < 4.78 is 17.5. The molecule has 0 aliphatic rings. The molecule has 0 bridgehead atoms. The normalized spacial score (nSPS) is 12.2. The van der Waals surface area contributed by atoms with Crippen LogP contribution in [0.2, 0.25) is 5.02 Å². The molecule has 0 spiro atoms. The van der Waals surface area contributed by atoms with Gasteiger partial charge >= 0.3 is 5.97 Å². The fourth-order valence-electron chi connectivity index (χ4n) is 1.14. The van der Waals surface area contributed by atoms with E-state index in [4.69, 9.17) is 21.4 Å². The average molecular weight is 248 g/mol. The lowest BCUT2D eigenvalue weighted by Gasteiger charge is -2.15. The van der Waals surface area contributed by atoms with Gasteiger partial charge in [0.2, 0.25) is 0 Å². The molecule has 0 aliphatic carbocycles. The summed E-state index contributed by atoms with van der Waals surface area (Å²) in [6, 6.07) is 2.76. The van der Waals surface area contributed by atoms with Crippen LogP contribution in [0, 0.1) is 5.82 Å². The second-order valence-electron chi connectivity index (χ2n) is 3.11. The van der Waals surface area contributed by atoms with E-state index in [1.807, 2.05) is 0 Å². The quantitative estimate of drug-likeness (QED) is 0.836. The standard InChI is InChI=1S/C10H11ClFNO3/c1-16-5-9(10(14)15)13-8-3-2-6(12)4-7(8)11/h2-4,9,13H,5H2,1H3,(H,14,15). The van der Waals surface area contributed by atoms with E-state index in [1.54, 1.807) is 0 Å². The third kappa shape index (κ3) is 3.36. The molecular weight excluding hydrogens is 237 g/mol. The Labute approximate surface area is 97.0 Å². The molecule has 0 aromatic heterocycles. The number of benzene rings is 1. The summed E-state index contributed by atoms with van der Waals surface area (Å²) in [5.41, 5.74) is 0.354. The molecule has 0 radical (unpaired) electrons. The largest absolute Gasteiger partial charge is 0.480 e. The van der Waals surface area contributed by atoms with Crippen LogP contribution in [0.3, 0.4) is 0 Å². The first-order valence-corrected chi connectivity index (χ1v) is 4.85. The van der Waals surface area contributed by atoms with E-state index in [0.717, 1.165) is 6.07 Å². The summed E-state index contributed by atoms with van der Waals surface area (Å²) in [5.74, 6) is -1.54. The SMILES string of the molecule is COCC(Nc1ccc(F)cc1Cl)C(=O)O. The van der Waals surface area contributed by atoms with Crippen LogP contribution < -0.4 is 5.32 Å². The molecule has 0 saturated heterocycles. The number of carboxylic acid groups (broad SMARTS) is 1. The van der Waals surface area contributed by atoms with Gasteiger partial charge in [0.1, 0.15) is 11.9 Å². The monoisotopic (exact) mass is 247 g/mol. The smallest absolute Gasteiger partial charge is 0.328 e. The van der Waals surface area contributed by atoms with Crippen molar-refractivity contribution in [3.63, 3.8) is 0 Å². The highest BCUT2D eigenvalue weighted by Gasteiger charge is 2.17. The van der Waals surface area contributed by atoms with Crippen molar-refractivity contribution in [2.75, 3.05) is 19.0 Å². The van der Waals surface area contributed by atoms with Crippen LogP contribution in [0.5, 0.6) is 0 Å². The van der Waals surface area contributed by atoms with Gasteiger partial charge < -0.3 is 15.2 Å². The third-order valence-corrected chi connectivity index (χ3v) is 2.21. The van der Waals surface area contributed by atoms with Crippen LogP contribution in [-0.4, -0.2) is 30.8 Å².